The van der Waals surface area contributed by atoms with Gasteiger partial charge >= 0.3 is 0 Å². The summed E-state index contributed by atoms with van der Waals surface area (Å²) >= 11 is 0. The lowest BCUT2D eigenvalue weighted by molar-refractivity contribution is 0.0705. The van der Waals surface area contributed by atoms with Gasteiger partial charge in [0.2, 0.25) is 5.88 Å². The van der Waals surface area contributed by atoms with Gasteiger partial charge in [-0.1, -0.05) is 18.2 Å². The van der Waals surface area contributed by atoms with E-state index in [2.05, 4.69) is 20.2 Å². The molecule has 1 saturated heterocycles. The van der Waals surface area contributed by atoms with Gasteiger partial charge in [0.25, 0.3) is 5.91 Å². The monoisotopic (exact) mass is 363 g/mol. The van der Waals surface area contributed by atoms with Gasteiger partial charge in [-0.25, -0.2) is 4.98 Å². The van der Waals surface area contributed by atoms with E-state index in [9.17, 15) is 4.79 Å². The van der Waals surface area contributed by atoms with Gasteiger partial charge in [-0.3, -0.25) is 14.9 Å². The van der Waals surface area contributed by atoms with Gasteiger partial charge in [0.05, 0.1) is 23.7 Å². The maximum absolute atomic E-state index is 12.8. The van der Waals surface area contributed by atoms with Crippen LogP contribution in [0.2, 0.25) is 0 Å². The molecule has 1 aliphatic rings. The average Bonchev–Trinajstić information content (AvgIpc) is 3.14. The van der Waals surface area contributed by atoms with Crippen molar-refractivity contribution in [2.24, 2.45) is 0 Å². The van der Waals surface area contributed by atoms with E-state index in [1.807, 2.05) is 42.2 Å². The minimum absolute atomic E-state index is 0.00981. The summed E-state index contributed by atoms with van der Waals surface area (Å²) in [6, 6.07) is 9.51. The molecular formula is C20H21N5O2. The largest absolute Gasteiger partial charge is 0.437 e. The number of carbonyl (C=O) groups excluding carboxylic acids is 1. The number of hydrogen-bond acceptors (Lipinski definition) is 5. The van der Waals surface area contributed by atoms with E-state index in [1.54, 1.807) is 18.6 Å². The maximum atomic E-state index is 12.8. The molecule has 3 aromatic rings. The second kappa shape index (κ2) is 7.57. The highest BCUT2D eigenvalue weighted by molar-refractivity contribution is 5.95. The predicted molar refractivity (Wildman–Crippen MR) is 99.8 cm³/mol. The number of carbonyl (C=O) groups is 1. The number of likely N-dealkylation sites (tertiary alicyclic amines) is 1. The van der Waals surface area contributed by atoms with Crippen LogP contribution < -0.4 is 4.74 Å². The zero-order valence-electron chi connectivity index (χ0n) is 15.1. The van der Waals surface area contributed by atoms with Crippen molar-refractivity contribution >= 4 is 5.91 Å². The lowest BCUT2D eigenvalue weighted by Gasteiger charge is -2.32. The first-order chi connectivity index (χ1) is 13.2. The molecule has 4 rings (SSSR count). The number of benzene rings is 1. The Balaban J connectivity index is 1.49. The molecule has 1 aliphatic heterocycles. The van der Waals surface area contributed by atoms with Crippen LogP contribution in [0.1, 0.15) is 40.5 Å². The Morgan fingerprint density at radius 3 is 2.85 bits per heavy atom. The van der Waals surface area contributed by atoms with Crippen LogP contribution in [0.4, 0.5) is 0 Å². The summed E-state index contributed by atoms with van der Waals surface area (Å²) in [5.41, 5.74) is 2.27. The lowest BCUT2D eigenvalue weighted by Crippen LogP contribution is -2.39. The third-order valence-corrected chi connectivity index (χ3v) is 4.78. The number of aromatic nitrogens is 4. The van der Waals surface area contributed by atoms with Gasteiger partial charge in [0.15, 0.2) is 0 Å². The van der Waals surface area contributed by atoms with E-state index < -0.39 is 0 Å². The maximum Gasteiger partial charge on any atom is 0.257 e. The van der Waals surface area contributed by atoms with Gasteiger partial charge < -0.3 is 9.64 Å². The fourth-order valence-electron chi connectivity index (χ4n) is 3.36. The molecule has 0 spiro atoms. The van der Waals surface area contributed by atoms with Crippen LogP contribution in [0.15, 0.2) is 48.9 Å². The van der Waals surface area contributed by atoms with Crippen LogP contribution >= 0.6 is 0 Å². The Kier molecular flexibility index (Phi) is 4.82. The zero-order chi connectivity index (χ0) is 18.6. The molecule has 7 nitrogen and oxygen atoms in total. The molecule has 1 atom stereocenters. The van der Waals surface area contributed by atoms with Crippen molar-refractivity contribution in [1.29, 1.82) is 0 Å². The molecule has 7 heteroatoms. The number of aromatic amines is 1. The average molecular weight is 363 g/mol. The van der Waals surface area contributed by atoms with E-state index in [0.717, 1.165) is 36.5 Å². The molecule has 27 heavy (non-hydrogen) atoms. The predicted octanol–water partition coefficient (Wildman–Crippen LogP) is 3.32. The standard InChI is InChI=1S/C20H21N5O2/c1-14-17(10-22-24-14)20(26)25-9-5-6-15(13-25)18-11-21-12-19(23-18)27-16-7-3-2-4-8-16/h2-4,7-8,10-12,15H,5-6,9,13H2,1H3,(H,22,24). The number of H-pyrrole nitrogens is 1. The Bertz CT molecular complexity index is 925. The van der Waals surface area contributed by atoms with Gasteiger partial charge in [-0.2, -0.15) is 5.10 Å². The number of piperidine rings is 1. The third kappa shape index (κ3) is 3.81. The first-order valence-electron chi connectivity index (χ1n) is 9.05. The minimum Gasteiger partial charge on any atom is -0.437 e. The van der Waals surface area contributed by atoms with Crippen LogP contribution in [0.3, 0.4) is 0 Å². The second-order valence-corrected chi connectivity index (χ2v) is 6.70. The summed E-state index contributed by atoms with van der Waals surface area (Å²) < 4.78 is 5.79. The van der Waals surface area contributed by atoms with E-state index in [0.29, 0.717) is 18.0 Å². The van der Waals surface area contributed by atoms with Gasteiger partial charge in [0, 0.05) is 30.9 Å². The molecule has 0 bridgehead atoms. The molecule has 0 aliphatic carbocycles. The van der Waals surface area contributed by atoms with E-state index in [4.69, 9.17) is 4.74 Å². The highest BCUT2D eigenvalue weighted by atomic mass is 16.5. The molecule has 138 valence electrons. The summed E-state index contributed by atoms with van der Waals surface area (Å²) in [5.74, 6) is 1.34. The first-order valence-corrected chi connectivity index (χ1v) is 9.05. The summed E-state index contributed by atoms with van der Waals surface area (Å²) in [6.07, 6.45) is 6.86. The number of ether oxygens (including phenoxy) is 1. The fraction of sp³-hybridized carbons (Fsp3) is 0.300. The Labute approximate surface area is 157 Å². The number of aryl methyl sites for hydroxylation is 1. The first kappa shape index (κ1) is 17.2. The van der Waals surface area contributed by atoms with Crippen LogP contribution in [0.5, 0.6) is 11.6 Å². The van der Waals surface area contributed by atoms with Crippen molar-refractivity contribution < 1.29 is 9.53 Å². The van der Waals surface area contributed by atoms with Crippen LogP contribution in [-0.2, 0) is 0 Å². The molecule has 0 saturated carbocycles. The fourth-order valence-corrected chi connectivity index (χ4v) is 3.36. The number of nitrogens with one attached hydrogen (secondary N) is 1. The Hall–Kier alpha value is -3.22. The van der Waals surface area contributed by atoms with Gasteiger partial charge in [0.1, 0.15) is 5.75 Å². The summed E-state index contributed by atoms with van der Waals surface area (Å²) in [6.45, 7) is 3.22. The van der Waals surface area contributed by atoms with Crippen molar-refractivity contribution in [2.45, 2.75) is 25.7 Å². The number of hydrogen-bond donors (Lipinski definition) is 1. The number of rotatable bonds is 4. The molecule has 2 aromatic heterocycles. The molecule has 1 amide bonds. The number of amides is 1. The molecule has 1 unspecified atom stereocenters. The zero-order valence-corrected chi connectivity index (χ0v) is 15.1. The van der Waals surface area contributed by atoms with Crippen LogP contribution in [0.25, 0.3) is 0 Å². The molecule has 1 fully saturated rings. The topological polar surface area (TPSA) is 84.0 Å². The quantitative estimate of drug-likeness (QED) is 0.769. The highest BCUT2D eigenvalue weighted by Crippen LogP contribution is 2.28. The Morgan fingerprint density at radius 1 is 1.22 bits per heavy atom. The van der Waals surface area contributed by atoms with Crippen molar-refractivity contribution in [1.82, 2.24) is 25.1 Å². The van der Waals surface area contributed by atoms with E-state index in [-0.39, 0.29) is 11.8 Å². The van der Waals surface area contributed by atoms with Crippen molar-refractivity contribution in [3.05, 3.63) is 65.9 Å². The highest BCUT2D eigenvalue weighted by Gasteiger charge is 2.28. The van der Waals surface area contributed by atoms with Gasteiger partial charge in [-0.15, -0.1) is 0 Å². The molecule has 1 aromatic carbocycles. The Morgan fingerprint density at radius 2 is 2.07 bits per heavy atom. The van der Waals surface area contributed by atoms with Crippen molar-refractivity contribution in [3.8, 4) is 11.6 Å². The normalized spacial score (nSPS) is 16.9. The third-order valence-electron chi connectivity index (χ3n) is 4.78. The number of nitrogens with zero attached hydrogens (tertiary/aromatic N) is 4. The van der Waals surface area contributed by atoms with E-state index >= 15 is 0 Å². The SMILES string of the molecule is Cc1[nH]ncc1C(=O)N1CCCC(c2cncc(Oc3ccccc3)n2)C1. The van der Waals surface area contributed by atoms with Crippen LogP contribution in [-0.4, -0.2) is 44.1 Å². The minimum atomic E-state index is 0.00981. The van der Waals surface area contributed by atoms with Crippen molar-refractivity contribution in [3.63, 3.8) is 0 Å². The van der Waals surface area contributed by atoms with Crippen LogP contribution in [0, 0.1) is 6.92 Å². The molecule has 3 heterocycles. The molecular weight excluding hydrogens is 342 g/mol. The lowest BCUT2D eigenvalue weighted by atomic mass is 9.94. The van der Waals surface area contributed by atoms with E-state index in [1.165, 1.54) is 0 Å². The summed E-state index contributed by atoms with van der Waals surface area (Å²) in [7, 11) is 0. The molecule has 0 radical (unpaired) electrons. The van der Waals surface area contributed by atoms with Crippen molar-refractivity contribution in [2.75, 3.05) is 13.1 Å². The second-order valence-electron chi connectivity index (χ2n) is 6.70. The van der Waals surface area contributed by atoms with Gasteiger partial charge in [-0.05, 0) is 31.9 Å². The summed E-state index contributed by atoms with van der Waals surface area (Å²) in [5, 5.41) is 6.78. The number of para-hydroxylation sites is 1. The summed E-state index contributed by atoms with van der Waals surface area (Å²) in [4.78, 5) is 23.6. The molecule has 1 N–H and O–H groups in total. The smallest absolute Gasteiger partial charge is 0.257 e.